The maximum absolute atomic E-state index is 11.8. The molecule has 3 aliphatic rings. The van der Waals surface area contributed by atoms with Gasteiger partial charge in [0.05, 0.1) is 12.0 Å². The van der Waals surface area contributed by atoms with E-state index in [-0.39, 0.29) is 24.5 Å². The van der Waals surface area contributed by atoms with Crippen LogP contribution in [0.25, 0.3) is 0 Å². The Kier molecular flexibility index (Phi) is 6.42. The average Bonchev–Trinajstić information content (AvgIpc) is 2.91. The van der Waals surface area contributed by atoms with Gasteiger partial charge in [0, 0.05) is 33.1 Å². The normalized spacial score (nSPS) is 37.5. The van der Waals surface area contributed by atoms with Crippen molar-refractivity contribution >= 4 is 40.5 Å². The van der Waals surface area contributed by atoms with Crippen LogP contribution in [-0.4, -0.2) is 55.2 Å². The van der Waals surface area contributed by atoms with Crippen LogP contribution in [0.1, 0.15) is 33.6 Å². The number of fused-ring (bicyclic) bond motifs is 3. The van der Waals surface area contributed by atoms with Crippen LogP contribution in [-0.2, 0) is 38.1 Å². The highest BCUT2D eigenvalue weighted by Gasteiger charge is 2.59. The summed E-state index contributed by atoms with van der Waals surface area (Å²) in [6, 6.07) is 0. The molecule has 0 radical (unpaired) electrons. The third kappa shape index (κ3) is 4.62. The van der Waals surface area contributed by atoms with E-state index in [0.29, 0.717) is 0 Å². The number of rotatable bonds is 4. The number of hydrogen-bond donors (Lipinski definition) is 0. The van der Waals surface area contributed by atoms with Crippen molar-refractivity contribution in [3.05, 3.63) is 9.66 Å². The largest absolute Gasteiger partial charge is 0.463 e. The van der Waals surface area contributed by atoms with E-state index in [9.17, 15) is 14.4 Å². The Labute approximate surface area is 171 Å². The van der Waals surface area contributed by atoms with Crippen LogP contribution in [0.5, 0.6) is 0 Å². The number of hydrogen-bond acceptors (Lipinski definition) is 8. The van der Waals surface area contributed by atoms with Gasteiger partial charge >= 0.3 is 17.9 Å². The van der Waals surface area contributed by atoms with E-state index >= 15 is 0 Å². The molecule has 150 valence electrons. The smallest absolute Gasteiger partial charge is 0.303 e. The van der Waals surface area contributed by atoms with Gasteiger partial charge < -0.3 is 23.7 Å². The van der Waals surface area contributed by atoms with E-state index in [2.05, 4.69) is 28.7 Å². The molecule has 0 bridgehead atoms. The minimum atomic E-state index is -0.876. The Morgan fingerprint density at radius 3 is 2.37 bits per heavy atom. The molecule has 2 saturated heterocycles. The second-order valence-corrected chi connectivity index (χ2v) is 8.39. The van der Waals surface area contributed by atoms with Gasteiger partial charge in [0.25, 0.3) is 0 Å². The summed E-state index contributed by atoms with van der Waals surface area (Å²) < 4.78 is 29.4. The summed E-state index contributed by atoms with van der Waals surface area (Å²) in [4.78, 5) is 34.7. The summed E-state index contributed by atoms with van der Waals surface area (Å²) in [7, 11) is 0. The summed E-state index contributed by atoms with van der Waals surface area (Å²) in [5.74, 6) is -1.66. The molecule has 0 spiro atoms. The van der Waals surface area contributed by atoms with Crippen molar-refractivity contribution in [3.8, 4) is 0 Å². The lowest BCUT2D eigenvalue weighted by molar-refractivity contribution is -0.273. The number of allylic oxidation sites excluding steroid dienone is 1. The Bertz CT molecular complexity index is 647. The van der Waals surface area contributed by atoms with Crippen LogP contribution in [0.2, 0.25) is 0 Å². The fourth-order valence-corrected chi connectivity index (χ4v) is 4.76. The highest BCUT2D eigenvalue weighted by Crippen LogP contribution is 2.48. The minimum Gasteiger partial charge on any atom is -0.463 e. The quantitative estimate of drug-likeness (QED) is 0.332. The summed E-state index contributed by atoms with van der Waals surface area (Å²) in [5, 5.41) is 0. The topological polar surface area (TPSA) is 97.4 Å². The van der Waals surface area contributed by atoms with Crippen LogP contribution >= 0.6 is 22.6 Å². The number of carbonyl (C=O) groups excluding carboxylic acids is 3. The fraction of sp³-hybridized carbons (Fsp3) is 0.722. The zero-order valence-electron chi connectivity index (χ0n) is 15.4. The first-order valence-electron chi connectivity index (χ1n) is 8.89. The third-order valence-corrected chi connectivity index (χ3v) is 5.92. The van der Waals surface area contributed by atoms with Gasteiger partial charge in [-0.1, -0.05) is 6.08 Å². The van der Waals surface area contributed by atoms with Gasteiger partial charge in [-0.3, -0.25) is 14.4 Å². The molecule has 1 aliphatic carbocycles. The van der Waals surface area contributed by atoms with E-state index < -0.39 is 42.5 Å². The molecule has 0 aromatic rings. The molecular formula is C18H23IO8. The molecule has 3 rings (SSSR count). The van der Waals surface area contributed by atoms with Gasteiger partial charge in [-0.15, -0.1) is 0 Å². The molecule has 2 fully saturated rings. The second kappa shape index (κ2) is 8.44. The molecule has 8 nitrogen and oxygen atoms in total. The Morgan fingerprint density at radius 2 is 1.74 bits per heavy atom. The molecular weight excluding hydrogens is 471 g/mol. The van der Waals surface area contributed by atoms with Crippen molar-refractivity contribution in [2.75, 3.05) is 6.61 Å². The van der Waals surface area contributed by atoms with Crippen LogP contribution in [0, 0.1) is 11.8 Å². The molecule has 0 saturated carbocycles. The first-order valence-corrected chi connectivity index (χ1v) is 9.97. The van der Waals surface area contributed by atoms with Crippen LogP contribution < -0.4 is 0 Å². The summed E-state index contributed by atoms with van der Waals surface area (Å²) in [6.45, 7) is 3.75. The molecule has 0 N–H and O–H groups in total. The molecule has 9 heteroatoms. The van der Waals surface area contributed by atoms with Crippen molar-refractivity contribution in [2.45, 2.75) is 64.3 Å². The molecule has 0 aromatic carbocycles. The maximum atomic E-state index is 11.8. The Balaban J connectivity index is 1.90. The highest BCUT2D eigenvalue weighted by atomic mass is 127. The first kappa shape index (κ1) is 20.5. The van der Waals surface area contributed by atoms with Gasteiger partial charge in [-0.25, -0.2) is 0 Å². The fourth-order valence-electron chi connectivity index (χ4n) is 4.07. The lowest BCUT2D eigenvalue weighted by Crippen LogP contribution is -2.58. The van der Waals surface area contributed by atoms with Gasteiger partial charge in [0.15, 0.2) is 12.4 Å². The van der Waals surface area contributed by atoms with Crippen LogP contribution in [0.15, 0.2) is 9.66 Å². The SMILES string of the molecule is CC(=O)OC[C@H]1O[C@@H]2O[C@H]3CC(I)=CC[C@@H]3[C@@H]2[C@@H](OC(C)=O)[C@@H]1OC(C)=O. The summed E-state index contributed by atoms with van der Waals surface area (Å²) in [6.07, 6.45) is 0.616. The lowest BCUT2D eigenvalue weighted by Gasteiger charge is -2.43. The molecule has 0 aromatic heterocycles. The Hall–Kier alpha value is -1.20. The minimum absolute atomic E-state index is 0.0552. The summed E-state index contributed by atoms with van der Waals surface area (Å²) >= 11 is 2.29. The van der Waals surface area contributed by atoms with Crippen molar-refractivity contribution in [1.82, 2.24) is 0 Å². The average molecular weight is 494 g/mol. The van der Waals surface area contributed by atoms with Crippen molar-refractivity contribution in [3.63, 3.8) is 0 Å². The lowest BCUT2D eigenvalue weighted by atomic mass is 9.76. The number of carbonyl (C=O) groups is 3. The predicted octanol–water partition coefficient (Wildman–Crippen LogP) is 1.88. The monoisotopic (exact) mass is 494 g/mol. The predicted molar refractivity (Wildman–Crippen MR) is 99.6 cm³/mol. The van der Waals surface area contributed by atoms with Crippen LogP contribution in [0.4, 0.5) is 0 Å². The van der Waals surface area contributed by atoms with Crippen molar-refractivity contribution < 1.29 is 38.1 Å². The van der Waals surface area contributed by atoms with Gasteiger partial charge in [0.2, 0.25) is 0 Å². The van der Waals surface area contributed by atoms with Gasteiger partial charge in [-0.05, 0) is 32.6 Å². The number of halogens is 1. The molecule has 27 heavy (non-hydrogen) atoms. The summed E-state index contributed by atoms with van der Waals surface area (Å²) in [5.41, 5.74) is 0. The maximum Gasteiger partial charge on any atom is 0.303 e. The van der Waals surface area contributed by atoms with E-state index in [4.69, 9.17) is 23.7 Å². The van der Waals surface area contributed by atoms with E-state index in [1.807, 2.05) is 0 Å². The Morgan fingerprint density at radius 1 is 1.07 bits per heavy atom. The van der Waals surface area contributed by atoms with Crippen molar-refractivity contribution in [2.24, 2.45) is 11.8 Å². The van der Waals surface area contributed by atoms with Gasteiger partial charge in [-0.2, -0.15) is 0 Å². The molecule has 0 amide bonds. The third-order valence-electron chi connectivity index (χ3n) is 5.04. The van der Waals surface area contributed by atoms with E-state index in [1.165, 1.54) is 24.4 Å². The zero-order valence-corrected chi connectivity index (χ0v) is 17.5. The van der Waals surface area contributed by atoms with Crippen LogP contribution in [0.3, 0.4) is 0 Å². The first-order chi connectivity index (χ1) is 12.8. The van der Waals surface area contributed by atoms with Crippen molar-refractivity contribution in [1.29, 1.82) is 0 Å². The second-order valence-electron chi connectivity index (χ2n) is 7.00. The standard InChI is InChI=1S/C18H23IO8/c1-8(20)23-7-14-16(24-9(2)21)17(25-10(3)22)15-12-5-4-11(19)6-13(12)26-18(15)27-14/h4,12-18H,5-7H2,1-3H3/t12-,13-,14+,15+,16+,17+,18-/m0/s1. The van der Waals surface area contributed by atoms with Gasteiger partial charge in [0.1, 0.15) is 18.8 Å². The van der Waals surface area contributed by atoms with E-state index in [1.54, 1.807) is 0 Å². The molecule has 7 atom stereocenters. The molecule has 2 heterocycles. The number of esters is 3. The van der Waals surface area contributed by atoms with E-state index in [0.717, 1.165) is 12.8 Å². The highest BCUT2D eigenvalue weighted by molar-refractivity contribution is 14.1. The molecule has 0 unspecified atom stereocenters. The zero-order chi connectivity index (χ0) is 19.7. The molecule has 2 aliphatic heterocycles. The number of ether oxygens (including phenoxy) is 5.